The molecular weight excluding hydrogens is 281 g/mol. The molecule has 20 heavy (non-hydrogen) atoms. The minimum Gasteiger partial charge on any atom is -0.384 e. The number of sulfonamides is 1. The summed E-state index contributed by atoms with van der Waals surface area (Å²) in [6.07, 6.45) is 0. The van der Waals surface area contributed by atoms with Crippen LogP contribution in [0.25, 0.3) is 0 Å². The van der Waals surface area contributed by atoms with Crippen molar-refractivity contribution in [2.75, 3.05) is 19.5 Å². The van der Waals surface area contributed by atoms with Gasteiger partial charge in [0.1, 0.15) is 5.82 Å². The third-order valence-corrected chi connectivity index (χ3v) is 4.22. The monoisotopic (exact) mass is 303 g/mol. The van der Waals surface area contributed by atoms with Gasteiger partial charge in [-0.1, -0.05) is 32.9 Å². The van der Waals surface area contributed by atoms with Crippen molar-refractivity contribution < 1.29 is 17.5 Å². The van der Waals surface area contributed by atoms with E-state index in [1.807, 2.05) is 20.8 Å². The highest BCUT2D eigenvalue weighted by molar-refractivity contribution is 7.89. The lowest BCUT2D eigenvalue weighted by Crippen LogP contribution is -2.38. The normalized spacial score (nSPS) is 14.2. The van der Waals surface area contributed by atoms with E-state index in [4.69, 9.17) is 4.74 Å². The second-order valence-electron chi connectivity index (χ2n) is 5.78. The molecular formula is C14H22FNO3S. The molecule has 0 aliphatic carbocycles. The summed E-state index contributed by atoms with van der Waals surface area (Å²) in [7, 11) is -2.00. The lowest BCUT2D eigenvalue weighted by atomic mass is 9.83. The molecule has 1 atom stereocenters. The zero-order valence-electron chi connectivity index (χ0n) is 12.3. The van der Waals surface area contributed by atoms with E-state index in [2.05, 4.69) is 4.72 Å². The molecule has 0 aliphatic rings. The molecule has 0 aromatic heterocycles. The van der Waals surface area contributed by atoms with Crippen molar-refractivity contribution in [3.63, 3.8) is 0 Å². The van der Waals surface area contributed by atoms with Gasteiger partial charge < -0.3 is 4.74 Å². The average Bonchev–Trinajstić information content (AvgIpc) is 2.34. The maximum Gasteiger partial charge on any atom is 0.214 e. The molecule has 114 valence electrons. The Balaban J connectivity index is 3.00. The van der Waals surface area contributed by atoms with Crippen LogP contribution in [-0.4, -0.2) is 27.9 Å². The van der Waals surface area contributed by atoms with Crippen molar-refractivity contribution in [2.24, 2.45) is 5.41 Å². The van der Waals surface area contributed by atoms with Gasteiger partial charge in [-0.25, -0.2) is 17.5 Å². The van der Waals surface area contributed by atoms with Gasteiger partial charge in [0.05, 0.1) is 18.4 Å². The number of rotatable bonds is 6. The van der Waals surface area contributed by atoms with Crippen LogP contribution < -0.4 is 4.72 Å². The fourth-order valence-electron chi connectivity index (χ4n) is 1.83. The number of hydrogen-bond donors (Lipinski definition) is 1. The number of benzene rings is 1. The van der Waals surface area contributed by atoms with Crippen LogP contribution in [0.4, 0.5) is 4.39 Å². The Labute approximate surface area is 120 Å². The molecule has 0 saturated carbocycles. The third kappa shape index (κ3) is 5.19. The van der Waals surface area contributed by atoms with Crippen molar-refractivity contribution in [1.29, 1.82) is 0 Å². The van der Waals surface area contributed by atoms with Crippen LogP contribution in [0.15, 0.2) is 24.3 Å². The Morgan fingerprint density at radius 3 is 2.25 bits per heavy atom. The zero-order valence-corrected chi connectivity index (χ0v) is 13.1. The SMILES string of the molecule is COCCS(=O)(=O)N[C@H](c1ccc(F)cc1)C(C)(C)C. The van der Waals surface area contributed by atoms with Gasteiger partial charge >= 0.3 is 0 Å². The largest absolute Gasteiger partial charge is 0.384 e. The van der Waals surface area contributed by atoms with Crippen LogP contribution in [0.2, 0.25) is 0 Å². The van der Waals surface area contributed by atoms with Crippen molar-refractivity contribution in [3.05, 3.63) is 35.6 Å². The predicted molar refractivity (Wildman–Crippen MR) is 77.4 cm³/mol. The lowest BCUT2D eigenvalue weighted by molar-refractivity contribution is 0.216. The summed E-state index contributed by atoms with van der Waals surface area (Å²) in [5.74, 6) is -0.444. The predicted octanol–water partition coefficient (Wildman–Crippen LogP) is 2.48. The smallest absolute Gasteiger partial charge is 0.214 e. The van der Waals surface area contributed by atoms with Crippen molar-refractivity contribution >= 4 is 10.0 Å². The Bertz CT molecular complexity index is 520. The first-order valence-corrected chi connectivity index (χ1v) is 8.05. The van der Waals surface area contributed by atoms with Gasteiger partial charge in [0.15, 0.2) is 0 Å². The quantitative estimate of drug-likeness (QED) is 0.878. The van der Waals surface area contributed by atoms with Gasteiger partial charge in [0.25, 0.3) is 0 Å². The number of nitrogens with one attached hydrogen (secondary N) is 1. The number of ether oxygens (including phenoxy) is 1. The molecule has 0 fully saturated rings. The summed E-state index contributed by atoms with van der Waals surface area (Å²) in [6.45, 7) is 5.93. The standard InChI is InChI=1S/C14H22FNO3S/c1-14(2,3)13(11-5-7-12(15)8-6-11)16-20(17,18)10-9-19-4/h5-8,13,16H,9-10H2,1-4H3/t13-/m1/s1. The first-order chi connectivity index (χ1) is 9.15. The van der Waals surface area contributed by atoms with E-state index in [0.717, 1.165) is 5.56 Å². The average molecular weight is 303 g/mol. The van der Waals surface area contributed by atoms with Crippen LogP contribution in [0.1, 0.15) is 32.4 Å². The summed E-state index contributed by atoms with van der Waals surface area (Å²) in [5.41, 5.74) is 0.401. The minimum absolute atomic E-state index is 0.0999. The molecule has 0 spiro atoms. The maximum absolute atomic E-state index is 13.0. The second-order valence-corrected chi connectivity index (χ2v) is 7.65. The second kappa shape index (κ2) is 6.65. The van der Waals surface area contributed by atoms with Gasteiger partial charge in [0.2, 0.25) is 10.0 Å². The summed E-state index contributed by atoms with van der Waals surface area (Å²) < 4.78 is 44.5. The molecule has 0 saturated heterocycles. The topological polar surface area (TPSA) is 55.4 Å². The van der Waals surface area contributed by atoms with Crippen LogP contribution in [0, 0.1) is 11.2 Å². The Hall–Kier alpha value is -0.980. The molecule has 1 rings (SSSR count). The Morgan fingerprint density at radius 2 is 1.80 bits per heavy atom. The van der Waals surface area contributed by atoms with Gasteiger partial charge in [-0.05, 0) is 23.1 Å². The van der Waals surface area contributed by atoms with E-state index >= 15 is 0 Å². The first kappa shape index (κ1) is 17.1. The Morgan fingerprint density at radius 1 is 1.25 bits per heavy atom. The molecule has 0 aliphatic heterocycles. The van der Waals surface area contributed by atoms with Gasteiger partial charge in [0, 0.05) is 7.11 Å². The fourth-order valence-corrected chi connectivity index (χ4v) is 3.18. The van der Waals surface area contributed by atoms with E-state index < -0.39 is 16.1 Å². The molecule has 1 N–H and O–H groups in total. The lowest BCUT2D eigenvalue weighted by Gasteiger charge is -2.31. The molecule has 0 unspecified atom stereocenters. The molecule has 0 amide bonds. The van der Waals surface area contributed by atoms with Gasteiger partial charge in [-0.3, -0.25) is 0 Å². The molecule has 0 radical (unpaired) electrons. The van der Waals surface area contributed by atoms with Crippen molar-refractivity contribution in [1.82, 2.24) is 4.72 Å². The van der Waals surface area contributed by atoms with Crippen molar-refractivity contribution in [3.8, 4) is 0 Å². The number of halogens is 1. The number of methoxy groups -OCH3 is 1. The van der Waals surface area contributed by atoms with Crippen LogP contribution >= 0.6 is 0 Å². The highest BCUT2D eigenvalue weighted by atomic mass is 32.2. The van der Waals surface area contributed by atoms with Crippen LogP contribution in [0.5, 0.6) is 0 Å². The van der Waals surface area contributed by atoms with E-state index in [-0.39, 0.29) is 23.6 Å². The summed E-state index contributed by atoms with van der Waals surface area (Å²) in [5, 5.41) is 0. The first-order valence-electron chi connectivity index (χ1n) is 6.40. The molecule has 0 heterocycles. The zero-order chi connectivity index (χ0) is 15.4. The van der Waals surface area contributed by atoms with Crippen LogP contribution in [-0.2, 0) is 14.8 Å². The van der Waals surface area contributed by atoms with Gasteiger partial charge in [-0.15, -0.1) is 0 Å². The summed E-state index contributed by atoms with van der Waals surface area (Å²) in [6, 6.07) is 5.44. The van der Waals surface area contributed by atoms with Crippen molar-refractivity contribution in [2.45, 2.75) is 26.8 Å². The van der Waals surface area contributed by atoms with E-state index in [1.54, 1.807) is 12.1 Å². The summed E-state index contributed by atoms with van der Waals surface area (Å²) in [4.78, 5) is 0. The number of hydrogen-bond acceptors (Lipinski definition) is 3. The van der Waals surface area contributed by atoms with Crippen LogP contribution in [0.3, 0.4) is 0 Å². The molecule has 1 aromatic carbocycles. The van der Waals surface area contributed by atoms with E-state index in [9.17, 15) is 12.8 Å². The highest BCUT2D eigenvalue weighted by Crippen LogP contribution is 2.33. The molecule has 4 nitrogen and oxygen atoms in total. The molecule has 6 heteroatoms. The summed E-state index contributed by atoms with van der Waals surface area (Å²) >= 11 is 0. The molecule has 1 aromatic rings. The molecule has 0 bridgehead atoms. The van der Waals surface area contributed by atoms with Gasteiger partial charge in [-0.2, -0.15) is 0 Å². The highest BCUT2D eigenvalue weighted by Gasteiger charge is 2.30. The Kier molecular flexibility index (Phi) is 5.68. The van der Waals surface area contributed by atoms with E-state index in [1.165, 1.54) is 19.2 Å². The van der Waals surface area contributed by atoms with E-state index in [0.29, 0.717) is 0 Å². The third-order valence-electron chi connectivity index (χ3n) is 2.92. The minimum atomic E-state index is -3.45. The maximum atomic E-state index is 13.0. The fraction of sp³-hybridized carbons (Fsp3) is 0.571.